The number of aldehydes is 1. The second-order valence-corrected chi connectivity index (χ2v) is 11.8. The lowest BCUT2D eigenvalue weighted by atomic mass is 9.46. The normalized spacial score (nSPS) is 34.8. The van der Waals surface area contributed by atoms with Crippen LogP contribution in [-0.4, -0.2) is 61.3 Å². The summed E-state index contributed by atoms with van der Waals surface area (Å²) in [7, 11) is 1.64. The molecule has 2 heterocycles. The third-order valence-electron chi connectivity index (χ3n) is 10.1. The lowest BCUT2D eigenvalue weighted by Crippen LogP contribution is -2.80. The van der Waals surface area contributed by atoms with Crippen molar-refractivity contribution in [2.24, 2.45) is 5.92 Å². The highest BCUT2D eigenvalue weighted by Crippen LogP contribution is 2.68. The fourth-order valence-corrected chi connectivity index (χ4v) is 8.20. The molecule has 5 atom stereocenters. The molecule has 2 aliphatic heterocycles. The molecule has 3 fully saturated rings. The number of benzene rings is 2. The predicted octanol–water partition coefficient (Wildman–Crippen LogP) is 4.62. The van der Waals surface area contributed by atoms with E-state index < -0.39 is 22.7 Å². The Bertz CT molecular complexity index is 1240. The molecular formula is C32H37NO5. The minimum atomic E-state index is -1.03. The van der Waals surface area contributed by atoms with Crippen LogP contribution in [0.2, 0.25) is 0 Å². The number of nitrogens with zero attached hydrogens (tertiary/aromatic N) is 1. The van der Waals surface area contributed by atoms with Gasteiger partial charge in [0.15, 0.2) is 23.4 Å². The summed E-state index contributed by atoms with van der Waals surface area (Å²) in [6.07, 6.45) is 8.08. The zero-order chi connectivity index (χ0) is 26.0. The Morgan fingerprint density at radius 2 is 1.97 bits per heavy atom. The average molecular weight is 516 g/mol. The molecule has 6 nitrogen and oxygen atoms in total. The second kappa shape index (κ2) is 8.94. The van der Waals surface area contributed by atoms with Crippen LogP contribution in [0.25, 0.3) is 0 Å². The van der Waals surface area contributed by atoms with Gasteiger partial charge >= 0.3 is 0 Å². The van der Waals surface area contributed by atoms with E-state index in [1.807, 2.05) is 24.3 Å². The Morgan fingerprint density at radius 3 is 2.71 bits per heavy atom. The summed E-state index contributed by atoms with van der Waals surface area (Å²) < 4.78 is 26.4. The van der Waals surface area contributed by atoms with Crippen molar-refractivity contribution in [2.75, 3.05) is 26.8 Å². The fourth-order valence-electron chi connectivity index (χ4n) is 8.20. The van der Waals surface area contributed by atoms with E-state index in [-0.39, 0.29) is 6.04 Å². The van der Waals surface area contributed by atoms with Crippen LogP contribution in [0.4, 0.5) is 0 Å². The Labute approximate surface area is 224 Å². The number of ether oxygens (including phenoxy) is 4. The van der Waals surface area contributed by atoms with Crippen molar-refractivity contribution in [1.29, 1.82) is 0 Å². The minimum absolute atomic E-state index is 0.221. The molecule has 6 heteroatoms. The van der Waals surface area contributed by atoms with Gasteiger partial charge < -0.3 is 18.9 Å². The standard InChI is InChI=1S/C32H37NO5/c1-3-17-37-32-14-13-30(21-34,35-2)29-31(32)15-16-33(19-22-9-10-22)26(32)18-24-11-12-25(28(38-29)27(24)31)36-20-23-7-5-4-6-8-23/h3-8,11-12,21-22,26,29H,1,9-10,13-20H2,2H3/t26-,29+,30?,31+,32-/m1/s1. The molecule has 2 aromatic rings. The third-order valence-corrected chi connectivity index (χ3v) is 10.1. The summed E-state index contributed by atoms with van der Waals surface area (Å²) in [5.41, 5.74) is 1.56. The van der Waals surface area contributed by atoms with Crippen molar-refractivity contribution < 1.29 is 23.7 Å². The van der Waals surface area contributed by atoms with Gasteiger partial charge in [0, 0.05) is 25.3 Å². The Kier molecular flexibility index (Phi) is 5.73. The van der Waals surface area contributed by atoms with Crippen LogP contribution in [-0.2, 0) is 32.7 Å². The summed E-state index contributed by atoms with van der Waals surface area (Å²) in [6, 6.07) is 14.7. The maximum Gasteiger partial charge on any atom is 0.166 e. The van der Waals surface area contributed by atoms with Gasteiger partial charge in [0.1, 0.15) is 12.7 Å². The summed E-state index contributed by atoms with van der Waals surface area (Å²) >= 11 is 0. The molecule has 2 saturated carbocycles. The lowest BCUT2D eigenvalue weighted by molar-refractivity contribution is -0.248. The number of carbonyl (C=O) groups is 1. The van der Waals surface area contributed by atoms with E-state index >= 15 is 0 Å². The maximum absolute atomic E-state index is 12.8. The van der Waals surface area contributed by atoms with Gasteiger partial charge in [-0.25, -0.2) is 0 Å². The molecule has 200 valence electrons. The Hall–Kier alpha value is -2.67. The molecule has 2 bridgehead atoms. The van der Waals surface area contributed by atoms with Gasteiger partial charge in [0.2, 0.25) is 0 Å². The number of carbonyl (C=O) groups excluding carboxylic acids is 1. The van der Waals surface area contributed by atoms with Crippen molar-refractivity contribution in [3.8, 4) is 11.5 Å². The molecule has 5 aliphatic rings. The zero-order valence-electron chi connectivity index (χ0n) is 22.2. The quantitative estimate of drug-likeness (QED) is 0.340. The molecule has 1 unspecified atom stereocenters. The highest BCUT2D eigenvalue weighted by molar-refractivity contribution is 5.71. The van der Waals surface area contributed by atoms with Crippen LogP contribution in [0.1, 0.15) is 48.8 Å². The first-order valence-electron chi connectivity index (χ1n) is 14.1. The first kappa shape index (κ1) is 24.4. The van der Waals surface area contributed by atoms with Gasteiger partial charge in [-0.3, -0.25) is 9.69 Å². The number of rotatable bonds is 10. The van der Waals surface area contributed by atoms with Crippen LogP contribution in [0, 0.1) is 5.92 Å². The molecule has 1 spiro atoms. The molecule has 38 heavy (non-hydrogen) atoms. The van der Waals surface area contributed by atoms with Crippen molar-refractivity contribution in [2.45, 2.75) is 73.9 Å². The van der Waals surface area contributed by atoms with Crippen LogP contribution < -0.4 is 9.47 Å². The van der Waals surface area contributed by atoms with E-state index in [1.54, 1.807) is 7.11 Å². The molecule has 3 aliphatic carbocycles. The summed E-state index contributed by atoms with van der Waals surface area (Å²) in [6.45, 7) is 6.99. The third kappa shape index (κ3) is 3.26. The number of hydrogen-bond acceptors (Lipinski definition) is 6. The number of hydrogen-bond donors (Lipinski definition) is 0. The molecule has 0 aromatic heterocycles. The molecule has 0 N–H and O–H groups in total. The molecule has 7 rings (SSSR count). The van der Waals surface area contributed by atoms with E-state index in [9.17, 15) is 4.79 Å². The second-order valence-electron chi connectivity index (χ2n) is 11.8. The number of likely N-dealkylation sites (tertiary alicyclic amines) is 1. The Morgan fingerprint density at radius 1 is 1.13 bits per heavy atom. The van der Waals surface area contributed by atoms with Gasteiger partial charge in [-0.1, -0.05) is 42.5 Å². The topological polar surface area (TPSA) is 57.2 Å². The fraction of sp³-hybridized carbons (Fsp3) is 0.531. The van der Waals surface area contributed by atoms with Crippen molar-refractivity contribution in [1.82, 2.24) is 4.90 Å². The van der Waals surface area contributed by atoms with E-state index in [1.165, 1.54) is 24.0 Å². The molecule has 2 aromatic carbocycles. The van der Waals surface area contributed by atoms with Crippen molar-refractivity contribution >= 4 is 6.29 Å². The highest BCUT2D eigenvalue weighted by Gasteiger charge is 2.77. The van der Waals surface area contributed by atoms with Gasteiger partial charge in [-0.15, -0.1) is 6.58 Å². The molecule has 1 saturated heterocycles. The highest BCUT2D eigenvalue weighted by atomic mass is 16.6. The molecule has 0 radical (unpaired) electrons. The van der Waals surface area contributed by atoms with Crippen LogP contribution >= 0.6 is 0 Å². The van der Waals surface area contributed by atoms with E-state index in [0.717, 1.165) is 61.6 Å². The number of methoxy groups -OCH3 is 1. The van der Waals surface area contributed by atoms with Crippen LogP contribution in [0.3, 0.4) is 0 Å². The smallest absolute Gasteiger partial charge is 0.166 e. The summed E-state index contributed by atoms with van der Waals surface area (Å²) in [5, 5.41) is 0. The van der Waals surface area contributed by atoms with E-state index in [2.05, 4.69) is 35.7 Å². The number of piperidine rings is 1. The van der Waals surface area contributed by atoms with E-state index in [4.69, 9.17) is 18.9 Å². The Balaban J connectivity index is 1.38. The van der Waals surface area contributed by atoms with Gasteiger partial charge in [-0.2, -0.15) is 0 Å². The molecule has 0 amide bonds. The summed E-state index contributed by atoms with van der Waals surface area (Å²) in [4.78, 5) is 15.5. The zero-order valence-corrected chi connectivity index (χ0v) is 22.2. The largest absolute Gasteiger partial charge is 0.485 e. The van der Waals surface area contributed by atoms with Crippen LogP contribution in [0.5, 0.6) is 11.5 Å². The van der Waals surface area contributed by atoms with Gasteiger partial charge in [0.05, 0.1) is 17.6 Å². The SMILES string of the molecule is C=CCO[C@@]12CCC(C=O)(OC)[C@@H]3Oc4c(OCc5ccccc5)ccc5c4[C@@]31CCN(CC1CC1)[C@@H]2C5. The lowest BCUT2D eigenvalue weighted by Gasteiger charge is -2.67. The van der Waals surface area contributed by atoms with E-state index in [0.29, 0.717) is 19.6 Å². The van der Waals surface area contributed by atoms with Crippen molar-refractivity contribution in [3.63, 3.8) is 0 Å². The first-order valence-corrected chi connectivity index (χ1v) is 14.1. The minimum Gasteiger partial charge on any atom is -0.485 e. The first-order chi connectivity index (χ1) is 18.6. The average Bonchev–Trinajstić information content (AvgIpc) is 3.70. The predicted molar refractivity (Wildman–Crippen MR) is 144 cm³/mol. The van der Waals surface area contributed by atoms with Gasteiger partial charge in [0.25, 0.3) is 0 Å². The van der Waals surface area contributed by atoms with Gasteiger partial charge in [-0.05, 0) is 68.2 Å². The maximum atomic E-state index is 12.8. The monoisotopic (exact) mass is 515 g/mol. The van der Waals surface area contributed by atoms with Crippen LogP contribution in [0.15, 0.2) is 55.1 Å². The molecular weight excluding hydrogens is 478 g/mol. The van der Waals surface area contributed by atoms with Crippen molar-refractivity contribution in [3.05, 3.63) is 71.8 Å². The summed E-state index contributed by atoms with van der Waals surface area (Å²) in [5.74, 6) is 2.29.